The Bertz CT molecular complexity index is 409. The highest BCUT2D eigenvalue weighted by atomic mass is 16.4. The number of carbonyl (C=O) groups is 1. The molecule has 2 rings (SSSR count). The minimum atomic E-state index is -0.703. The van der Waals surface area contributed by atoms with Crippen LogP contribution in [0.15, 0.2) is 18.2 Å². The largest absolute Gasteiger partial charge is 0.481 e. The minimum absolute atomic E-state index is 0.158. The van der Waals surface area contributed by atoms with Crippen molar-refractivity contribution in [1.82, 2.24) is 0 Å². The first-order chi connectivity index (χ1) is 7.01. The van der Waals surface area contributed by atoms with Gasteiger partial charge >= 0.3 is 5.97 Å². The molecule has 0 amide bonds. The van der Waals surface area contributed by atoms with Crippen LogP contribution in [0.4, 0.5) is 0 Å². The first-order valence-corrected chi connectivity index (χ1v) is 5.33. The van der Waals surface area contributed by atoms with Crippen LogP contribution in [0.1, 0.15) is 36.5 Å². The number of aliphatic carboxylic acids is 1. The molecule has 1 aromatic rings. The maximum Gasteiger partial charge on any atom is 0.304 e. The van der Waals surface area contributed by atoms with Crippen LogP contribution in [0.2, 0.25) is 0 Å². The molecule has 0 saturated heterocycles. The molecule has 0 radical (unpaired) electrons. The molecule has 1 aliphatic rings. The van der Waals surface area contributed by atoms with Crippen molar-refractivity contribution in [2.45, 2.75) is 38.5 Å². The molecule has 0 aromatic heterocycles. The Labute approximate surface area is 89.9 Å². The fraction of sp³-hybridized carbons (Fsp3) is 0.462. The molecule has 0 bridgehead atoms. The van der Waals surface area contributed by atoms with Gasteiger partial charge in [0.1, 0.15) is 0 Å². The lowest BCUT2D eigenvalue weighted by atomic mass is 9.81. The van der Waals surface area contributed by atoms with Crippen LogP contribution in [0.3, 0.4) is 0 Å². The number of fused-ring (bicyclic) bond motifs is 1. The number of benzene rings is 1. The van der Waals surface area contributed by atoms with E-state index in [1.807, 2.05) is 0 Å². The molecule has 1 aliphatic carbocycles. The Morgan fingerprint density at radius 2 is 2.27 bits per heavy atom. The first kappa shape index (κ1) is 10.2. The van der Waals surface area contributed by atoms with Gasteiger partial charge in [0.2, 0.25) is 0 Å². The lowest BCUT2D eigenvalue weighted by Gasteiger charge is -2.23. The Kier molecular flexibility index (Phi) is 2.29. The zero-order chi connectivity index (χ0) is 11.1. The summed E-state index contributed by atoms with van der Waals surface area (Å²) in [5, 5.41) is 8.92. The van der Waals surface area contributed by atoms with Crippen molar-refractivity contribution in [2.24, 2.45) is 0 Å². The van der Waals surface area contributed by atoms with Crippen LogP contribution in [0.5, 0.6) is 0 Å². The summed E-state index contributed by atoms with van der Waals surface area (Å²) < 4.78 is 0. The predicted octanol–water partition coefficient (Wildman–Crippen LogP) is 2.67. The lowest BCUT2D eigenvalue weighted by molar-refractivity contribution is -0.138. The van der Waals surface area contributed by atoms with Gasteiger partial charge in [0.25, 0.3) is 0 Å². The standard InChI is InChI=1S/C13H16O2/c1-9-3-4-11-10(7-9)5-6-13(11,2)8-12(14)15/h3-4,7H,5-6,8H2,1-2H3,(H,14,15). The molecule has 0 saturated carbocycles. The van der Waals surface area contributed by atoms with Gasteiger partial charge in [0.05, 0.1) is 6.42 Å². The van der Waals surface area contributed by atoms with Gasteiger partial charge in [-0.2, -0.15) is 0 Å². The Balaban J connectivity index is 2.39. The van der Waals surface area contributed by atoms with Crippen LogP contribution in [0.25, 0.3) is 0 Å². The Hall–Kier alpha value is -1.31. The van der Waals surface area contributed by atoms with Crippen LogP contribution in [-0.4, -0.2) is 11.1 Å². The van der Waals surface area contributed by atoms with Gasteiger partial charge in [-0.1, -0.05) is 30.7 Å². The second-order valence-electron chi connectivity index (χ2n) is 4.79. The van der Waals surface area contributed by atoms with Crippen LogP contribution < -0.4 is 0 Å². The maximum absolute atomic E-state index is 10.8. The second-order valence-corrected chi connectivity index (χ2v) is 4.79. The van der Waals surface area contributed by atoms with E-state index in [4.69, 9.17) is 5.11 Å². The van der Waals surface area contributed by atoms with Crippen molar-refractivity contribution < 1.29 is 9.90 Å². The molecule has 15 heavy (non-hydrogen) atoms. The van der Waals surface area contributed by atoms with E-state index in [-0.39, 0.29) is 11.8 Å². The van der Waals surface area contributed by atoms with E-state index in [0.29, 0.717) is 0 Å². The van der Waals surface area contributed by atoms with Crippen LogP contribution >= 0.6 is 0 Å². The summed E-state index contributed by atoms with van der Waals surface area (Å²) in [6, 6.07) is 6.35. The normalized spacial score (nSPS) is 23.9. The molecule has 2 nitrogen and oxygen atoms in total. The van der Waals surface area contributed by atoms with E-state index < -0.39 is 5.97 Å². The molecule has 1 unspecified atom stereocenters. The topological polar surface area (TPSA) is 37.3 Å². The van der Waals surface area contributed by atoms with Gasteiger partial charge in [-0.05, 0) is 30.9 Å². The van der Waals surface area contributed by atoms with Crippen molar-refractivity contribution in [3.8, 4) is 0 Å². The van der Waals surface area contributed by atoms with Crippen molar-refractivity contribution in [3.05, 3.63) is 34.9 Å². The molecule has 80 valence electrons. The number of carboxylic acids is 1. The molecular formula is C13H16O2. The van der Waals surface area contributed by atoms with Gasteiger partial charge in [-0.25, -0.2) is 0 Å². The highest BCUT2D eigenvalue weighted by molar-refractivity contribution is 5.69. The third-order valence-corrected chi connectivity index (χ3v) is 3.40. The van der Waals surface area contributed by atoms with E-state index in [9.17, 15) is 4.79 Å². The van der Waals surface area contributed by atoms with Gasteiger partial charge in [-0.15, -0.1) is 0 Å². The summed E-state index contributed by atoms with van der Waals surface area (Å²) in [7, 11) is 0. The zero-order valence-electron chi connectivity index (χ0n) is 9.21. The summed E-state index contributed by atoms with van der Waals surface area (Å²) in [4.78, 5) is 10.8. The molecule has 0 fully saturated rings. The first-order valence-electron chi connectivity index (χ1n) is 5.33. The average molecular weight is 204 g/mol. The van der Waals surface area contributed by atoms with Crippen LogP contribution in [0, 0.1) is 6.92 Å². The van der Waals surface area contributed by atoms with Gasteiger partial charge in [-0.3, -0.25) is 4.79 Å². The smallest absolute Gasteiger partial charge is 0.304 e. The number of rotatable bonds is 2. The zero-order valence-corrected chi connectivity index (χ0v) is 9.21. The van der Waals surface area contributed by atoms with Crippen LogP contribution in [-0.2, 0) is 16.6 Å². The fourth-order valence-electron chi connectivity index (χ4n) is 2.58. The maximum atomic E-state index is 10.8. The van der Waals surface area contributed by atoms with E-state index in [0.717, 1.165) is 12.8 Å². The van der Waals surface area contributed by atoms with E-state index in [2.05, 4.69) is 32.0 Å². The predicted molar refractivity (Wildman–Crippen MR) is 59.1 cm³/mol. The van der Waals surface area contributed by atoms with E-state index in [1.165, 1.54) is 16.7 Å². The Morgan fingerprint density at radius 3 is 2.93 bits per heavy atom. The van der Waals surface area contributed by atoms with Crippen molar-refractivity contribution in [2.75, 3.05) is 0 Å². The molecule has 0 heterocycles. The highest BCUT2D eigenvalue weighted by Gasteiger charge is 2.35. The average Bonchev–Trinajstić information content (AvgIpc) is 2.42. The van der Waals surface area contributed by atoms with Crippen molar-refractivity contribution >= 4 is 5.97 Å². The number of hydrogen-bond donors (Lipinski definition) is 1. The second kappa shape index (κ2) is 3.37. The summed E-state index contributed by atoms with van der Waals surface area (Å²) in [5.41, 5.74) is 3.66. The number of carboxylic acid groups (broad SMARTS) is 1. The van der Waals surface area contributed by atoms with E-state index >= 15 is 0 Å². The third kappa shape index (κ3) is 1.76. The fourth-order valence-corrected chi connectivity index (χ4v) is 2.58. The van der Waals surface area contributed by atoms with Gasteiger partial charge in [0.15, 0.2) is 0 Å². The van der Waals surface area contributed by atoms with Gasteiger partial charge < -0.3 is 5.11 Å². The van der Waals surface area contributed by atoms with Crippen molar-refractivity contribution in [1.29, 1.82) is 0 Å². The Morgan fingerprint density at radius 1 is 1.53 bits per heavy atom. The molecule has 1 N–H and O–H groups in total. The molecule has 0 spiro atoms. The molecular weight excluding hydrogens is 188 g/mol. The number of aryl methyl sites for hydroxylation is 2. The van der Waals surface area contributed by atoms with E-state index in [1.54, 1.807) is 0 Å². The molecule has 2 heteroatoms. The monoisotopic (exact) mass is 204 g/mol. The SMILES string of the molecule is Cc1ccc2c(c1)CCC2(C)CC(=O)O. The summed E-state index contributed by atoms with van der Waals surface area (Å²) in [6.07, 6.45) is 2.21. The lowest BCUT2D eigenvalue weighted by Crippen LogP contribution is -2.22. The van der Waals surface area contributed by atoms with Gasteiger partial charge in [0, 0.05) is 5.41 Å². The molecule has 1 aromatic carbocycles. The van der Waals surface area contributed by atoms with Crippen molar-refractivity contribution in [3.63, 3.8) is 0 Å². The third-order valence-electron chi connectivity index (χ3n) is 3.40. The summed E-state index contributed by atoms with van der Waals surface area (Å²) in [5.74, 6) is -0.703. The molecule has 1 atom stereocenters. The molecule has 0 aliphatic heterocycles. The number of hydrogen-bond acceptors (Lipinski definition) is 1. The minimum Gasteiger partial charge on any atom is -0.481 e. The summed E-state index contributed by atoms with van der Waals surface area (Å²) >= 11 is 0. The summed E-state index contributed by atoms with van der Waals surface area (Å²) in [6.45, 7) is 4.13. The quantitative estimate of drug-likeness (QED) is 0.804. The highest BCUT2D eigenvalue weighted by Crippen LogP contribution is 2.41.